The van der Waals surface area contributed by atoms with Crippen LogP contribution in [-0.4, -0.2) is 30.7 Å². The lowest BCUT2D eigenvalue weighted by Crippen LogP contribution is -2.38. The first-order valence-corrected chi connectivity index (χ1v) is 5.99. The average Bonchev–Trinajstić information content (AvgIpc) is 2.28. The van der Waals surface area contributed by atoms with E-state index in [0.29, 0.717) is 5.56 Å². The van der Waals surface area contributed by atoms with Crippen LogP contribution in [0.15, 0.2) is 24.3 Å². The van der Waals surface area contributed by atoms with Crippen LogP contribution >= 0.6 is 0 Å². The van der Waals surface area contributed by atoms with Crippen molar-refractivity contribution in [3.8, 4) is 0 Å². The molecule has 2 N–H and O–H groups in total. The molecule has 0 radical (unpaired) electrons. The Morgan fingerprint density at radius 2 is 1.74 bits per heavy atom. The predicted octanol–water partition coefficient (Wildman–Crippen LogP) is 3.10. The molecule has 2 unspecified atom stereocenters. The Labute approximate surface area is 110 Å². The van der Waals surface area contributed by atoms with Crippen LogP contribution in [-0.2, 0) is 0 Å². The number of hydrogen-bond acceptors (Lipinski definition) is 2. The van der Waals surface area contributed by atoms with Gasteiger partial charge in [0.1, 0.15) is 5.82 Å². The molecule has 0 aliphatic heterocycles. The summed E-state index contributed by atoms with van der Waals surface area (Å²) in [4.78, 5) is 1.55. The summed E-state index contributed by atoms with van der Waals surface area (Å²) in [7, 11) is 1.59. The molecule has 2 nitrogen and oxygen atoms in total. The van der Waals surface area contributed by atoms with E-state index in [4.69, 9.17) is 5.73 Å². The second-order valence-corrected chi connectivity index (χ2v) is 4.70. The normalized spacial score (nSPS) is 15.6. The van der Waals surface area contributed by atoms with Gasteiger partial charge in [0.25, 0.3) is 0 Å². The lowest BCUT2D eigenvalue weighted by Gasteiger charge is -2.31. The summed E-state index contributed by atoms with van der Waals surface area (Å²) in [5.74, 6) is -0.384. The summed E-state index contributed by atoms with van der Waals surface area (Å²) in [6.45, 7) is 1.57. The SMILES string of the molecule is CC(N)C(c1ccc(F)cc1)N(C)CCC(F)(F)F. The Hall–Kier alpha value is -1.14. The van der Waals surface area contributed by atoms with Crippen molar-refractivity contribution in [2.75, 3.05) is 13.6 Å². The molecule has 0 aliphatic carbocycles. The fourth-order valence-electron chi connectivity index (χ4n) is 2.06. The van der Waals surface area contributed by atoms with Crippen LogP contribution in [0, 0.1) is 5.82 Å². The molecule has 1 aromatic rings. The molecule has 6 heteroatoms. The number of halogens is 4. The Kier molecular flexibility index (Phi) is 5.31. The monoisotopic (exact) mass is 278 g/mol. The summed E-state index contributed by atoms with van der Waals surface area (Å²) >= 11 is 0. The lowest BCUT2D eigenvalue weighted by molar-refractivity contribution is -0.138. The zero-order valence-corrected chi connectivity index (χ0v) is 10.9. The van der Waals surface area contributed by atoms with Crippen LogP contribution in [0.2, 0.25) is 0 Å². The highest BCUT2D eigenvalue weighted by atomic mass is 19.4. The standard InChI is InChI=1S/C13H18F4N2/c1-9(18)12(10-3-5-11(14)6-4-10)19(2)8-7-13(15,16)17/h3-6,9,12H,7-8,18H2,1-2H3. The van der Waals surface area contributed by atoms with Crippen molar-refractivity contribution in [1.82, 2.24) is 4.90 Å². The quantitative estimate of drug-likeness (QED) is 0.839. The molecule has 0 heterocycles. The maximum atomic E-state index is 12.9. The predicted molar refractivity (Wildman–Crippen MR) is 66.1 cm³/mol. The van der Waals surface area contributed by atoms with Gasteiger partial charge < -0.3 is 5.73 Å². The van der Waals surface area contributed by atoms with Crippen molar-refractivity contribution in [2.45, 2.75) is 31.6 Å². The number of nitrogens with zero attached hydrogens (tertiary/aromatic N) is 1. The van der Waals surface area contributed by atoms with Gasteiger partial charge in [0.2, 0.25) is 0 Å². The third-order valence-corrected chi connectivity index (χ3v) is 2.93. The molecule has 2 atom stereocenters. The number of nitrogens with two attached hydrogens (primary N) is 1. The summed E-state index contributed by atoms with van der Waals surface area (Å²) < 4.78 is 49.5. The zero-order valence-electron chi connectivity index (χ0n) is 10.9. The van der Waals surface area contributed by atoms with Crippen molar-refractivity contribution >= 4 is 0 Å². The topological polar surface area (TPSA) is 29.3 Å². The molecule has 1 aromatic carbocycles. The summed E-state index contributed by atoms with van der Waals surface area (Å²) in [5, 5.41) is 0. The highest BCUT2D eigenvalue weighted by Crippen LogP contribution is 2.26. The fraction of sp³-hybridized carbons (Fsp3) is 0.538. The highest BCUT2D eigenvalue weighted by molar-refractivity contribution is 5.21. The van der Waals surface area contributed by atoms with Gasteiger partial charge >= 0.3 is 6.18 Å². The number of benzene rings is 1. The Bertz CT molecular complexity index is 387. The van der Waals surface area contributed by atoms with Crippen LogP contribution in [0.3, 0.4) is 0 Å². The van der Waals surface area contributed by atoms with Gasteiger partial charge in [0, 0.05) is 18.6 Å². The minimum Gasteiger partial charge on any atom is -0.326 e. The molecule has 0 bridgehead atoms. The van der Waals surface area contributed by atoms with Crippen LogP contribution in [0.1, 0.15) is 24.9 Å². The second kappa shape index (κ2) is 6.34. The van der Waals surface area contributed by atoms with Gasteiger partial charge in [-0.2, -0.15) is 13.2 Å². The summed E-state index contributed by atoms with van der Waals surface area (Å²) in [6.07, 6.45) is -5.09. The third kappa shape index (κ3) is 5.16. The molecule has 0 fully saturated rings. The number of alkyl halides is 3. The fourth-order valence-corrected chi connectivity index (χ4v) is 2.06. The van der Waals surface area contributed by atoms with Crippen molar-refractivity contribution < 1.29 is 17.6 Å². The van der Waals surface area contributed by atoms with E-state index in [-0.39, 0.29) is 24.4 Å². The van der Waals surface area contributed by atoms with E-state index in [0.717, 1.165) is 0 Å². The number of rotatable bonds is 5. The van der Waals surface area contributed by atoms with Crippen LogP contribution < -0.4 is 5.73 Å². The van der Waals surface area contributed by atoms with Gasteiger partial charge in [0.05, 0.1) is 6.42 Å². The van der Waals surface area contributed by atoms with Gasteiger partial charge in [-0.05, 0) is 31.7 Å². The van der Waals surface area contributed by atoms with Crippen molar-refractivity contribution in [2.24, 2.45) is 5.73 Å². The molecule has 0 amide bonds. The zero-order chi connectivity index (χ0) is 14.6. The first-order valence-electron chi connectivity index (χ1n) is 5.99. The maximum Gasteiger partial charge on any atom is 0.390 e. The molecule has 0 spiro atoms. The van der Waals surface area contributed by atoms with Crippen molar-refractivity contribution in [1.29, 1.82) is 0 Å². The van der Waals surface area contributed by atoms with Gasteiger partial charge in [0.15, 0.2) is 0 Å². The minimum absolute atomic E-state index is 0.146. The van der Waals surface area contributed by atoms with Gasteiger partial charge in [-0.25, -0.2) is 4.39 Å². The molecule has 108 valence electrons. The van der Waals surface area contributed by atoms with Gasteiger partial charge in [-0.1, -0.05) is 12.1 Å². The Morgan fingerprint density at radius 3 is 2.16 bits per heavy atom. The Morgan fingerprint density at radius 1 is 1.21 bits per heavy atom. The van der Waals surface area contributed by atoms with Crippen LogP contribution in [0.5, 0.6) is 0 Å². The minimum atomic E-state index is -4.19. The first-order chi connectivity index (χ1) is 8.70. The van der Waals surface area contributed by atoms with E-state index >= 15 is 0 Å². The van der Waals surface area contributed by atoms with E-state index in [1.54, 1.807) is 31.0 Å². The van der Waals surface area contributed by atoms with E-state index in [1.165, 1.54) is 12.1 Å². The number of likely N-dealkylation sites (N-methyl/N-ethyl adjacent to an activating group) is 1. The van der Waals surface area contributed by atoms with E-state index in [1.807, 2.05) is 0 Å². The second-order valence-electron chi connectivity index (χ2n) is 4.70. The molecular formula is C13H18F4N2. The molecule has 1 rings (SSSR count). The van der Waals surface area contributed by atoms with Gasteiger partial charge in [-0.15, -0.1) is 0 Å². The van der Waals surface area contributed by atoms with Crippen LogP contribution in [0.25, 0.3) is 0 Å². The van der Waals surface area contributed by atoms with Crippen LogP contribution in [0.4, 0.5) is 17.6 Å². The number of hydrogen-bond donors (Lipinski definition) is 1. The Balaban J connectivity index is 2.80. The van der Waals surface area contributed by atoms with E-state index < -0.39 is 12.6 Å². The van der Waals surface area contributed by atoms with Gasteiger partial charge in [-0.3, -0.25) is 4.90 Å². The first kappa shape index (κ1) is 15.9. The smallest absolute Gasteiger partial charge is 0.326 e. The van der Waals surface area contributed by atoms with E-state index in [2.05, 4.69) is 0 Å². The molecular weight excluding hydrogens is 260 g/mol. The third-order valence-electron chi connectivity index (χ3n) is 2.93. The average molecular weight is 278 g/mol. The molecule has 0 aliphatic rings. The molecule has 0 saturated heterocycles. The van der Waals surface area contributed by atoms with Crippen molar-refractivity contribution in [3.63, 3.8) is 0 Å². The largest absolute Gasteiger partial charge is 0.390 e. The molecule has 19 heavy (non-hydrogen) atoms. The summed E-state index contributed by atoms with van der Waals surface area (Å²) in [6, 6.07) is 4.93. The summed E-state index contributed by atoms with van der Waals surface area (Å²) in [5.41, 5.74) is 6.54. The lowest BCUT2D eigenvalue weighted by atomic mass is 9.99. The molecule has 0 saturated carbocycles. The van der Waals surface area contributed by atoms with Crippen molar-refractivity contribution in [3.05, 3.63) is 35.6 Å². The van der Waals surface area contributed by atoms with E-state index in [9.17, 15) is 17.6 Å². The molecule has 0 aromatic heterocycles. The maximum absolute atomic E-state index is 12.9. The highest BCUT2D eigenvalue weighted by Gasteiger charge is 2.29.